The van der Waals surface area contributed by atoms with Crippen molar-refractivity contribution in [2.75, 3.05) is 0 Å². The van der Waals surface area contributed by atoms with Crippen LogP contribution in [0.5, 0.6) is 0 Å². The van der Waals surface area contributed by atoms with Gasteiger partial charge in [0.25, 0.3) is 0 Å². The molecule has 1 aromatic rings. The number of benzene rings is 1. The molecule has 0 heterocycles. The molecule has 3 N–H and O–H groups in total. The van der Waals surface area contributed by atoms with Gasteiger partial charge in [-0.1, -0.05) is 50.6 Å². The average Bonchev–Trinajstić information content (AvgIpc) is 2.36. The van der Waals surface area contributed by atoms with Crippen molar-refractivity contribution in [1.82, 2.24) is 5.09 Å². The smallest absolute Gasteiger partial charge is 0.321 e. The van der Waals surface area contributed by atoms with Gasteiger partial charge in [-0.25, -0.2) is 0 Å². The van der Waals surface area contributed by atoms with E-state index in [0.717, 1.165) is 0 Å². The Kier molecular flexibility index (Phi) is 5.47. The lowest BCUT2D eigenvalue weighted by Gasteiger charge is -2.26. The Morgan fingerprint density at radius 1 is 1.44 bits per heavy atom. The van der Waals surface area contributed by atoms with Crippen LogP contribution < -0.4 is 10.4 Å². The molecule has 0 radical (unpaired) electrons. The van der Waals surface area contributed by atoms with Crippen molar-refractivity contribution in [3.8, 4) is 0 Å². The maximum atomic E-state index is 11.2. The van der Waals surface area contributed by atoms with Gasteiger partial charge in [0.15, 0.2) is 6.42 Å². The van der Waals surface area contributed by atoms with Crippen LogP contribution in [0.25, 0.3) is 0 Å². The number of carbonyl (C=O) groups is 1. The summed E-state index contributed by atoms with van der Waals surface area (Å²) in [6.07, 6.45) is -2.32. The highest BCUT2D eigenvalue weighted by Crippen LogP contribution is 2.36. The van der Waals surface area contributed by atoms with Gasteiger partial charge < -0.3 is 10.00 Å². The summed E-state index contributed by atoms with van der Waals surface area (Å²) in [5.74, 6) is -1.08. The number of hydrogen-bond acceptors (Lipinski definition) is 2. The summed E-state index contributed by atoms with van der Waals surface area (Å²) in [6.45, 7) is 3.73. The number of nitrogens with one attached hydrogen (secondary N) is 1. The zero-order chi connectivity index (χ0) is 13.8. The van der Waals surface area contributed by atoms with Crippen molar-refractivity contribution in [1.29, 1.82) is 0 Å². The molecular formula is C12H18NO3PS. The highest BCUT2D eigenvalue weighted by Gasteiger charge is 2.29. The zero-order valence-corrected chi connectivity index (χ0v) is 12.1. The molecule has 0 spiro atoms. The predicted molar refractivity (Wildman–Crippen MR) is 76.6 cm³/mol. The van der Waals surface area contributed by atoms with Gasteiger partial charge >= 0.3 is 5.97 Å². The van der Waals surface area contributed by atoms with E-state index in [4.69, 9.17) is 11.8 Å². The summed E-state index contributed by atoms with van der Waals surface area (Å²) in [4.78, 5) is 21.5. The molecule has 4 nitrogen and oxygen atoms in total. The van der Waals surface area contributed by atoms with Crippen molar-refractivity contribution < 1.29 is 14.8 Å². The average molecular weight is 287 g/mol. The molecule has 0 bridgehead atoms. The van der Waals surface area contributed by atoms with Gasteiger partial charge in [0.05, 0.1) is 0 Å². The SMILES string of the molecule is CC[C@H](C)[C@H](NP(O)(=S)c1ccccc1)C(=O)O. The van der Waals surface area contributed by atoms with Gasteiger partial charge in [-0.3, -0.25) is 9.88 Å². The third-order valence-electron chi connectivity index (χ3n) is 2.90. The molecule has 0 aliphatic carbocycles. The van der Waals surface area contributed by atoms with Crippen LogP contribution in [0.2, 0.25) is 0 Å². The second-order valence-corrected chi connectivity index (χ2v) is 7.75. The van der Waals surface area contributed by atoms with Crippen molar-refractivity contribution in [3.63, 3.8) is 0 Å². The normalized spacial score (nSPS) is 17.7. The number of carboxylic acids is 1. The molecule has 0 amide bonds. The highest BCUT2D eigenvalue weighted by molar-refractivity contribution is 8.14. The van der Waals surface area contributed by atoms with E-state index in [1.54, 1.807) is 24.3 Å². The summed E-state index contributed by atoms with van der Waals surface area (Å²) < 4.78 is 0. The Balaban J connectivity index is 2.93. The van der Waals surface area contributed by atoms with Crippen molar-refractivity contribution in [3.05, 3.63) is 30.3 Å². The molecule has 0 fully saturated rings. The molecule has 3 atom stereocenters. The minimum absolute atomic E-state index is 0.0966. The third-order valence-corrected chi connectivity index (χ3v) is 5.47. The number of hydrogen-bond donors (Lipinski definition) is 3. The van der Waals surface area contributed by atoms with Crippen LogP contribution in [0.4, 0.5) is 0 Å². The highest BCUT2D eigenvalue weighted by atomic mass is 32.4. The van der Waals surface area contributed by atoms with Gasteiger partial charge in [0, 0.05) is 5.30 Å². The molecule has 0 saturated carbocycles. The molecular weight excluding hydrogens is 269 g/mol. The summed E-state index contributed by atoms with van der Waals surface area (Å²) in [6, 6.07) is 7.96. The number of aliphatic carboxylic acids is 1. The molecule has 6 heteroatoms. The van der Waals surface area contributed by atoms with E-state index in [1.807, 2.05) is 19.9 Å². The summed E-state index contributed by atoms with van der Waals surface area (Å²) in [7, 11) is 0. The second-order valence-electron chi connectivity index (χ2n) is 4.24. The Labute approximate surface area is 112 Å². The quantitative estimate of drug-likeness (QED) is 0.695. The van der Waals surface area contributed by atoms with Gasteiger partial charge in [-0.05, 0) is 17.7 Å². The van der Waals surface area contributed by atoms with Crippen molar-refractivity contribution in [2.24, 2.45) is 5.92 Å². The maximum absolute atomic E-state index is 11.2. The van der Waals surface area contributed by atoms with E-state index in [0.29, 0.717) is 11.7 Å². The van der Waals surface area contributed by atoms with E-state index >= 15 is 0 Å². The van der Waals surface area contributed by atoms with Crippen molar-refractivity contribution in [2.45, 2.75) is 26.3 Å². The topological polar surface area (TPSA) is 69.6 Å². The monoisotopic (exact) mass is 287 g/mol. The minimum atomic E-state index is -3.02. The first-order valence-corrected chi connectivity index (χ1v) is 8.53. The fraction of sp³-hybridized carbons (Fsp3) is 0.417. The third kappa shape index (κ3) is 3.89. The van der Waals surface area contributed by atoms with E-state index < -0.39 is 18.4 Å². The first-order valence-electron chi connectivity index (χ1n) is 5.77. The molecule has 100 valence electrons. The van der Waals surface area contributed by atoms with Crippen LogP contribution >= 0.6 is 6.42 Å². The van der Waals surface area contributed by atoms with E-state index in [9.17, 15) is 14.8 Å². The zero-order valence-electron chi connectivity index (χ0n) is 10.4. The summed E-state index contributed by atoms with van der Waals surface area (Å²) in [5, 5.41) is 12.5. The Morgan fingerprint density at radius 2 is 2.00 bits per heavy atom. The first kappa shape index (κ1) is 15.3. The Hall–Kier alpha value is -0.740. The van der Waals surface area contributed by atoms with Crippen LogP contribution in [-0.4, -0.2) is 22.0 Å². The molecule has 1 rings (SSSR count). The molecule has 1 unspecified atom stereocenters. The Bertz CT molecular complexity index is 452. The van der Waals surface area contributed by atoms with E-state index in [2.05, 4.69) is 5.09 Å². The van der Waals surface area contributed by atoms with Gasteiger partial charge in [-0.2, -0.15) is 0 Å². The summed E-state index contributed by atoms with van der Waals surface area (Å²) in [5.41, 5.74) is 0. The standard InChI is InChI=1S/C12H18NO3PS/c1-3-9(2)11(12(14)15)13-17(16,18)10-7-5-4-6-8-10/h4-9,11H,3H2,1-2H3,(H,14,15)(H2,13,16,18)/t9-,11-,17?/m0/s1. The number of rotatable bonds is 6. The lowest BCUT2D eigenvalue weighted by atomic mass is 10.0. The second kappa shape index (κ2) is 6.43. The molecule has 0 saturated heterocycles. The number of carboxylic acid groups (broad SMARTS) is 1. The van der Waals surface area contributed by atoms with E-state index in [1.165, 1.54) is 0 Å². The van der Waals surface area contributed by atoms with Gasteiger partial charge in [0.2, 0.25) is 0 Å². The minimum Gasteiger partial charge on any atom is -0.480 e. The molecule has 18 heavy (non-hydrogen) atoms. The van der Waals surface area contributed by atoms with Crippen LogP contribution in [0.15, 0.2) is 30.3 Å². The van der Waals surface area contributed by atoms with Crippen molar-refractivity contribution >= 4 is 29.5 Å². The van der Waals surface area contributed by atoms with Crippen LogP contribution in [0.3, 0.4) is 0 Å². The lowest BCUT2D eigenvalue weighted by Crippen LogP contribution is -2.41. The van der Waals surface area contributed by atoms with Gasteiger partial charge in [-0.15, -0.1) is 0 Å². The van der Waals surface area contributed by atoms with E-state index in [-0.39, 0.29) is 5.92 Å². The first-order chi connectivity index (χ1) is 8.38. The molecule has 1 aromatic carbocycles. The van der Waals surface area contributed by atoms with Gasteiger partial charge in [0.1, 0.15) is 6.04 Å². The van der Waals surface area contributed by atoms with Crippen LogP contribution in [0, 0.1) is 5.92 Å². The fourth-order valence-corrected chi connectivity index (χ4v) is 3.73. The largest absolute Gasteiger partial charge is 0.480 e. The predicted octanol–water partition coefficient (Wildman–Crippen LogP) is 1.70. The molecule has 0 aliphatic heterocycles. The summed E-state index contributed by atoms with van der Waals surface area (Å²) >= 11 is 5.16. The fourth-order valence-electron chi connectivity index (χ4n) is 1.55. The maximum Gasteiger partial charge on any atom is 0.321 e. The molecule has 0 aliphatic rings. The Morgan fingerprint density at radius 3 is 2.44 bits per heavy atom. The van der Waals surface area contributed by atoms with Crippen LogP contribution in [0.1, 0.15) is 20.3 Å². The molecule has 0 aromatic heterocycles. The van der Waals surface area contributed by atoms with Crippen LogP contribution in [-0.2, 0) is 16.6 Å². The lowest BCUT2D eigenvalue weighted by molar-refractivity contribution is -0.140.